The molecule has 0 saturated heterocycles. The first-order valence-electron chi connectivity index (χ1n) is 7.15. The minimum atomic E-state index is 0.634. The van der Waals surface area contributed by atoms with E-state index in [0.29, 0.717) is 5.92 Å². The molecule has 20 heavy (non-hydrogen) atoms. The van der Waals surface area contributed by atoms with E-state index in [1.807, 2.05) is 12.1 Å². The summed E-state index contributed by atoms with van der Waals surface area (Å²) in [6.07, 6.45) is 3.60. The molecular formula is C16H18BrN3. The highest BCUT2D eigenvalue weighted by Gasteiger charge is 2.26. The Labute approximate surface area is 128 Å². The van der Waals surface area contributed by atoms with Gasteiger partial charge in [-0.3, -0.25) is 0 Å². The van der Waals surface area contributed by atoms with Gasteiger partial charge in [0.15, 0.2) is 5.82 Å². The van der Waals surface area contributed by atoms with Crippen molar-refractivity contribution in [1.29, 1.82) is 0 Å². The fraction of sp³-hybridized carbons (Fsp3) is 0.375. The summed E-state index contributed by atoms with van der Waals surface area (Å²) in [4.78, 5) is 9.38. The minimum Gasteiger partial charge on any atom is -0.370 e. The van der Waals surface area contributed by atoms with Crippen LogP contribution in [0.5, 0.6) is 0 Å². The molecule has 0 bridgehead atoms. The van der Waals surface area contributed by atoms with E-state index in [2.05, 4.69) is 51.4 Å². The van der Waals surface area contributed by atoms with Gasteiger partial charge in [-0.2, -0.15) is 0 Å². The lowest BCUT2D eigenvalue weighted by molar-refractivity contribution is 0.948. The lowest BCUT2D eigenvalue weighted by atomic mass is 10.2. The monoisotopic (exact) mass is 331 g/mol. The van der Waals surface area contributed by atoms with E-state index in [0.717, 1.165) is 34.6 Å². The zero-order valence-electron chi connectivity index (χ0n) is 11.6. The molecule has 0 aliphatic heterocycles. The third-order valence-electron chi connectivity index (χ3n) is 3.40. The zero-order valence-corrected chi connectivity index (χ0v) is 13.2. The number of rotatable bonds is 5. The maximum Gasteiger partial charge on any atom is 0.161 e. The van der Waals surface area contributed by atoms with Gasteiger partial charge in [-0.05, 0) is 31.4 Å². The topological polar surface area (TPSA) is 37.8 Å². The van der Waals surface area contributed by atoms with Gasteiger partial charge < -0.3 is 5.32 Å². The van der Waals surface area contributed by atoms with Gasteiger partial charge in [0.1, 0.15) is 5.82 Å². The zero-order chi connectivity index (χ0) is 13.9. The lowest BCUT2D eigenvalue weighted by Crippen LogP contribution is -2.05. The summed E-state index contributed by atoms with van der Waals surface area (Å²) in [6.45, 7) is 3.10. The van der Waals surface area contributed by atoms with Gasteiger partial charge in [-0.25, -0.2) is 9.97 Å². The molecule has 1 aliphatic carbocycles. The number of halogens is 1. The van der Waals surface area contributed by atoms with Crippen molar-refractivity contribution in [2.75, 3.05) is 11.9 Å². The average Bonchev–Trinajstić information content (AvgIpc) is 3.30. The van der Waals surface area contributed by atoms with Crippen LogP contribution in [0, 0.1) is 0 Å². The molecule has 1 aromatic carbocycles. The number of nitrogens with one attached hydrogen (secondary N) is 1. The number of anilines is 1. The summed E-state index contributed by atoms with van der Waals surface area (Å²) >= 11 is 3.46. The van der Waals surface area contributed by atoms with Crippen molar-refractivity contribution >= 4 is 21.7 Å². The quantitative estimate of drug-likeness (QED) is 0.869. The Morgan fingerprint density at radius 3 is 2.60 bits per heavy atom. The van der Waals surface area contributed by atoms with E-state index >= 15 is 0 Å². The highest BCUT2D eigenvalue weighted by molar-refractivity contribution is 9.10. The van der Waals surface area contributed by atoms with Crippen LogP contribution in [0.1, 0.15) is 37.8 Å². The minimum absolute atomic E-state index is 0.634. The molecule has 1 saturated carbocycles. The summed E-state index contributed by atoms with van der Waals surface area (Å²) in [5.74, 6) is 2.40. The molecule has 0 unspecified atom stereocenters. The Bertz CT molecular complexity index is 591. The highest BCUT2D eigenvalue weighted by Crippen LogP contribution is 2.40. The van der Waals surface area contributed by atoms with Crippen molar-refractivity contribution in [1.82, 2.24) is 9.97 Å². The van der Waals surface area contributed by atoms with Crippen LogP contribution >= 0.6 is 15.9 Å². The Balaban J connectivity index is 1.95. The summed E-state index contributed by atoms with van der Waals surface area (Å²) in [6, 6.07) is 10.3. The maximum atomic E-state index is 4.74. The summed E-state index contributed by atoms with van der Waals surface area (Å²) in [7, 11) is 0. The summed E-state index contributed by atoms with van der Waals surface area (Å²) in [5, 5.41) is 3.38. The second kappa shape index (κ2) is 5.92. The second-order valence-corrected chi connectivity index (χ2v) is 6.13. The summed E-state index contributed by atoms with van der Waals surface area (Å²) in [5.41, 5.74) is 2.24. The number of hydrogen-bond acceptors (Lipinski definition) is 3. The standard InChI is InChI=1S/C16H18BrN3/c1-2-9-18-15-10-14(11-3-4-11)19-16(20-15)12-5-7-13(17)8-6-12/h5-8,10-11H,2-4,9H2,1H3,(H,18,19,20). The Kier molecular flexibility index (Phi) is 4.01. The van der Waals surface area contributed by atoms with Crippen LogP contribution in [-0.2, 0) is 0 Å². The fourth-order valence-electron chi connectivity index (χ4n) is 2.13. The number of aromatic nitrogens is 2. The van der Waals surface area contributed by atoms with E-state index in [4.69, 9.17) is 4.98 Å². The van der Waals surface area contributed by atoms with Gasteiger partial charge in [0.25, 0.3) is 0 Å². The molecule has 2 aromatic rings. The molecule has 1 N–H and O–H groups in total. The van der Waals surface area contributed by atoms with Crippen LogP contribution < -0.4 is 5.32 Å². The predicted molar refractivity (Wildman–Crippen MR) is 85.9 cm³/mol. The van der Waals surface area contributed by atoms with Crippen LogP contribution in [0.15, 0.2) is 34.8 Å². The van der Waals surface area contributed by atoms with E-state index in [1.54, 1.807) is 0 Å². The number of nitrogens with zero attached hydrogens (tertiary/aromatic N) is 2. The molecule has 1 aliphatic rings. The van der Waals surface area contributed by atoms with E-state index < -0.39 is 0 Å². The smallest absolute Gasteiger partial charge is 0.161 e. The van der Waals surface area contributed by atoms with Crippen LogP contribution in [-0.4, -0.2) is 16.5 Å². The Hall–Kier alpha value is -1.42. The lowest BCUT2D eigenvalue weighted by Gasteiger charge is -2.09. The SMILES string of the molecule is CCCNc1cc(C2CC2)nc(-c2ccc(Br)cc2)n1. The third kappa shape index (κ3) is 3.18. The second-order valence-electron chi connectivity index (χ2n) is 5.21. The van der Waals surface area contributed by atoms with Crippen molar-refractivity contribution in [2.24, 2.45) is 0 Å². The molecule has 0 spiro atoms. The van der Waals surface area contributed by atoms with Crippen molar-refractivity contribution in [3.8, 4) is 11.4 Å². The van der Waals surface area contributed by atoms with Gasteiger partial charge in [-0.15, -0.1) is 0 Å². The first kappa shape index (κ1) is 13.6. The molecule has 104 valence electrons. The van der Waals surface area contributed by atoms with Crippen molar-refractivity contribution < 1.29 is 0 Å². The molecule has 0 radical (unpaired) electrons. The highest BCUT2D eigenvalue weighted by atomic mass is 79.9. The third-order valence-corrected chi connectivity index (χ3v) is 3.93. The molecule has 1 aromatic heterocycles. The first-order valence-corrected chi connectivity index (χ1v) is 7.94. The molecule has 0 amide bonds. The first-order chi connectivity index (χ1) is 9.76. The van der Waals surface area contributed by atoms with E-state index in [9.17, 15) is 0 Å². The molecule has 0 atom stereocenters. The predicted octanol–water partition coefficient (Wildman–Crippen LogP) is 4.61. The summed E-state index contributed by atoms with van der Waals surface area (Å²) < 4.78 is 1.07. The molecule has 4 heteroatoms. The fourth-order valence-corrected chi connectivity index (χ4v) is 2.39. The van der Waals surface area contributed by atoms with Gasteiger partial charge in [0.05, 0.1) is 0 Å². The Morgan fingerprint density at radius 2 is 1.95 bits per heavy atom. The van der Waals surface area contributed by atoms with Crippen molar-refractivity contribution in [2.45, 2.75) is 32.1 Å². The van der Waals surface area contributed by atoms with Crippen LogP contribution in [0.3, 0.4) is 0 Å². The molecule has 1 heterocycles. The molecule has 3 nitrogen and oxygen atoms in total. The number of benzene rings is 1. The average molecular weight is 332 g/mol. The Morgan fingerprint density at radius 1 is 1.20 bits per heavy atom. The van der Waals surface area contributed by atoms with Crippen LogP contribution in [0.2, 0.25) is 0 Å². The van der Waals surface area contributed by atoms with E-state index in [-0.39, 0.29) is 0 Å². The normalized spacial score (nSPS) is 14.3. The van der Waals surface area contributed by atoms with Crippen molar-refractivity contribution in [3.63, 3.8) is 0 Å². The van der Waals surface area contributed by atoms with Crippen LogP contribution in [0.25, 0.3) is 11.4 Å². The van der Waals surface area contributed by atoms with Crippen molar-refractivity contribution in [3.05, 3.63) is 40.5 Å². The maximum absolute atomic E-state index is 4.74. The molecule has 1 fully saturated rings. The van der Waals surface area contributed by atoms with Gasteiger partial charge in [0.2, 0.25) is 0 Å². The van der Waals surface area contributed by atoms with Gasteiger partial charge in [-0.1, -0.05) is 35.0 Å². The molecular weight excluding hydrogens is 314 g/mol. The number of hydrogen-bond donors (Lipinski definition) is 1. The van der Waals surface area contributed by atoms with E-state index in [1.165, 1.54) is 18.5 Å². The van der Waals surface area contributed by atoms with Gasteiger partial charge >= 0.3 is 0 Å². The molecule has 3 rings (SSSR count). The van der Waals surface area contributed by atoms with Gasteiger partial charge in [0, 0.05) is 34.3 Å². The van der Waals surface area contributed by atoms with Crippen LogP contribution in [0.4, 0.5) is 5.82 Å². The largest absolute Gasteiger partial charge is 0.370 e.